The van der Waals surface area contributed by atoms with Gasteiger partial charge in [-0.1, -0.05) is 35.9 Å². The molecule has 0 radical (unpaired) electrons. The van der Waals surface area contributed by atoms with Gasteiger partial charge in [0.2, 0.25) is 5.91 Å². The van der Waals surface area contributed by atoms with E-state index in [1.54, 1.807) is 35.9 Å². The molecule has 1 N–H and O–H groups in total. The van der Waals surface area contributed by atoms with Crippen molar-refractivity contribution in [2.45, 2.75) is 26.4 Å². The number of aryl methyl sites for hydroxylation is 1. The van der Waals surface area contributed by atoms with Crippen LogP contribution in [0.1, 0.15) is 40.9 Å². The Hall–Kier alpha value is -3.35. The molecular weight excluding hydrogens is 382 g/mol. The van der Waals surface area contributed by atoms with E-state index >= 15 is 0 Å². The highest BCUT2D eigenvalue weighted by Crippen LogP contribution is 2.31. The van der Waals surface area contributed by atoms with Gasteiger partial charge in [0.05, 0.1) is 12.2 Å². The summed E-state index contributed by atoms with van der Waals surface area (Å²) >= 11 is 0. The Kier molecular flexibility index (Phi) is 6.72. The van der Waals surface area contributed by atoms with Crippen molar-refractivity contribution in [3.8, 4) is 0 Å². The molecule has 1 aliphatic rings. The molecule has 2 aromatic rings. The Labute approximate surface area is 176 Å². The Morgan fingerprint density at radius 1 is 1.13 bits per heavy atom. The first kappa shape index (κ1) is 21.4. The predicted molar refractivity (Wildman–Crippen MR) is 114 cm³/mol. The second kappa shape index (κ2) is 9.43. The zero-order chi connectivity index (χ0) is 21.7. The van der Waals surface area contributed by atoms with Crippen molar-refractivity contribution in [3.63, 3.8) is 0 Å². The Balaban J connectivity index is 1.99. The number of nitrogens with one attached hydrogen (secondary N) is 1. The largest absolute Gasteiger partial charge is 0.439 e. The monoisotopic (exact) mass is 409 g/mol. The van der Waals surface area contributed by atoms with Gasteiger partial charge in [0, 0.05) is 37.7 Å². The van der Waals surface area contributed by atoms with Crippen LogP contribution in [0.25, 0.3) is 0 Å². The Bertz CT molecular complexity index is 926. The number of nitrogens with zero attached hydrogens (tertiary/aromatic N) is 2. The molecule has 30 heavy (non-hydrogen) atoms. The second-order valence-corrected chi connectivity index (χ2v) is 7.30. The zero-order valence-corrected chi connectivity index (χ0v) is 17.6. The third kappa shape index (κ3) is 4.79. The van der Waals surface area contributed by atoms with Crippen molar-refractivity contribution in [2.75, 3.05) is 31.6 Å². The highest BCUT2D eigenvalue weighted by atomic mass is 16.6. The molecule has 7 nitrogen and oxygen atoms in total. The number of alkyl carbamates (subject to hydrolysis) is 1. The van der Waals surface area contributed by atoms with Crippen LogP contribution < -0.4 is 10.2 Å². The van der Waals surface area contributed by atoms with Crippen molar-refractivity contribution in [1.82, 2.24) is 10.2 Å². The van der Waals surface area contributed by atoms with Gasteiger partial charge in [0.15, 0.2) is 0 Å². The fourth-order valence-corrected chi connectivity index (χ4v) is 3.47. The molecule has 3 rings (SSSR count). The van der Waals surface area contributed by atoms with Gasteiger partial charge >= 0.3 is 6.09 Å². The summed E-state index contributed by atoms with van der Waals surface area (Å²) in [4.78, 5) is 41.3. The third-order valence-electron chi connectivity index (χ3n) is 5.16. The topological polar surface area (TPSA) is 79.0 Å². The van der Waals surface area contributed by atoms with Gasteiger partial charge < -0.3 is 19.9 Å². The number of amides is 3. The minimum atomic E-state index is -0.713. The highest BCUT2D eigenvalue weighted by molar-refractivity contribution is 5.96. The standard InChI is InChI=1S/C23H27N3O4/c1-4-24-23(29)30-20-15-26(22(28)17-11-9-16(2)10-12-17)14-13-21(27)25(3)19-8-6-5-7-18(19)20/h5-12,20H,4,13-15H2,1-3H3,(H,24,29). The van der Waals surface area contributed by atoms with Gasteiger partial charge in [-0.2, -0.15) is 0 Å². The molecule has 0 spiro atoms. The molecular formula is C23H27N3O4. The van der Waals surface area contributed by atoms with Crippen molar-refractivity contribution in [2.24, 2.45) is 0 Å². The number of rotatable bonds is 3. The molecule has 3 amide bonds. The average Bonchev–Trinajstić information content (AvgIpc) is 2.79. The predicted octanol–water partition coefficient (Wildman–Crippen LogP) is 3.29. The van der Waals surface area contributed by atoms with Crippen LogP contribution in [0.2, 0.25) is 0 Å². The molecule has 0 saturated heterocycles. The summed E-state index contributed by atoms with van der Waals surface area (Å²) in [5, 5.41) is 2.63. The fraction of sp³-hybridized carbons (Fsp3) is 0.348. The molecule has 158 valence electrons. The lowest BCUT2D eigenvalue weighted by Gasteiger charge is -2.28. The van der Waals surface area contributed by atoms with Crippen molar-refractivity contribution in [1.29, 1.82) is 0 Å². The van der Waals surface area contributed by atoms with E-state index in [9.17, 15) is 14.4 Å². The van der Waals surface area contributed by atoms with Gasteiger partial charge in [-0.15, -0.1) is 0 Å². The maximum atomic E-state index is 13.2. The molecule has 1 unspecified atom stereocenters. The number of carbonyl (C=O) groups excluding carboxylic acids is 3. The van der Waals surface area contributed by atoms with Gasteiger partial charge in [-0.05, 0) is 32.0 Å². The molecule has 0 saturated carbocycles. The van der Waals surface area contributed by atoms with Crippen molar-refractivity contribution in [3.05, 3.63) is 65.2 Å². The Morgan fingerprint density at radius 3 is 2.53 bits per heavy atom. The lowest BCUT2D eigenvalue weighted by molar-refractivity contribution is -0.118. The number of ether oxygens (including phenoxy) is 1. The van der Waals surface area contributed by atoms with E-state index in [1.807, 2.05) is 43.3 Å². The first-order chi connectivity index (χ1) is 14.4. The van der Waals surface area contributed by atoms with Crippen LogP contribution in [-0.4, -0.2) is 49.5 Å². The smallest absolute Gasteiger partial charge is 0.407 e. The van der Waals surface area contributed by atoms with Crippen LogP contribution in [0.3, 0.4) is 0 Å². The maximum Gasteiger partial charge on any atom is 0.407 e. The first-order valence-electron chi connectivity index (χ1n) is 10.1. The van der Waals surface area contributed by atoms with E-state index in [0.717, 1.165) is 5.56 Å². The fourth-order valence-electron chi connectivity index (χ4n) is 3.47. The molecule has 1 heterocycles. The SMILES string of the molecule is CCNC(=O)OC1CN(C(=O)c2ccc(C)cc2)CCC(=O)N(C)c2ccccc21. The lowest BCUT2D eigenvalue weighted by atomic mass is 10.0. The van der Waals surface area contributed by atoms with Crippen molar-refractivity contribution >= 4 is 23.6 Å². The van der Waals surface area contributed by atoms with E-state index in [-0.39, 0.29) is 31.3 Å². The van der Waals surface area contributed by atoms with E-state index in [4.69, 9.17) is 4.74 Å². The van der Waals surface area contributed by atoms with Crippen LogP contribution in [0.5, 0.6) is 0 Å². The van der Waals surface area contributed by atoms with Gasteiger partial charge in [0.25, 0.3) is 5.91 Å². The van der Waals surface area contributed by atoms with Crippen molar-refractivity contribution < 1.29 is 19.1 Å². The summed E-state index contributed by atoms with van der Waals surface area (Å²) in [7, 11) is 1.70. The molecule has 1 atom stereocenters. The quantitative estimate of drug-likeness (QED) is 0.844. The summed E-state index contributed by atoms with van der Waals surface area (Å²) in [6.07, 6.45) is -1.10. The summed E-state index contributed by atoms with van der Waals surface area (Å²) in [6, 6.07) is 14.6. The van der Waals surface area contributed by atoms with Gasteiger partial charge in [0.1, 0.15) is 6.10 Å². The summed E-state index contributed by atoms with van der Waals surface area (Å²) in [6.45, 7) is 4.58. The van der Waals surface area contributed by atoms with Crippen LogP contribution in [-0.2, 0) is 9.53 Å². The van der Waals surface area contributed by atoms with Crippen LogP contribution >= 0.6 is 0 Å². The summed E-state index contributed by atoms with van der Waals surface area (Å²) in [5.74, 6) is -0.308. The van der Waals surface area contributed by atoms with Crippen LogP contribution in [0, 0.1) is 6.92 Å². The number of fused-ring (bicyclic) bond motifs is 1. The lowest BCUT2D eigenvalue weighted by Crippen LogP contribution is -2.38. The number of para-hydroxylation sites is 1. The van der Waals surface area contributed by atoms with E-state index in [2.05, 4.69) is 5.32 Å². The molecule has 2 aromatic carbocycles. The highest BCUT2D eigenvalue weighted by Gasteiger charge is 2.30. The van der Waals surface area contributed by atoms with Gasteiger partial charge in [-0.3, -0.25) is 9.59 Å². The molecule has 7 heteroatoms. The van der Waals surface area contributed by atoms with E-state index < -0.39 is 12.2 Å². The first-order valence-corrected chi connectivity index (χ1v) is 10.1. The normalized spacial score (nSPS) is 16.8. The Morgan fingerprint density at radius 2 is 1.83 bits per heavy atom. The summed E-state index contributed by atoms with van der Waals surface area (Å²) in [5.41, 5.74) is 2.94. The molecule has 0 fully saturated rings. The average molecular weight is 409 g/mol. The molecule has 0 aromatic heterocycles. The van der Waals surface area contributed by atoms with E-state index in [0.29, 0.717) is 23.4 Å². The molecule has 0 bridgehead atoms. The van der Waals surface area contributed by atoms with Crippen LogP contribution in [0.15, 0.2) is 48.5 Å². The minimum absolute atomic E-state index is 0.109. The number of anilines is 1. The maximum absolute atomic E-state index is 13.2. The number of carbonyl (C=O) groups is 3. The third-order valence-corrected chi connectivity index (χ3v) is 5.16. The zero-order valence-electron chi connectivity index (χ0n) is 17.6. The van der Waals surface area contributed by atoms with E-state index in [1.165, 1.54) is 0 Å². The summed E-state index contributed by atoms with van der Waals surface area (Å²) < 4.78 is 5.69. The number of hydrogen-bond donors (Lipinski definition) is 1. The molecule has 1 aliphatic heterocycles. The van der Waals surface area contributed by atoms with Crippen LogP contribution in [0.4, 0.5) is 10.5 Å². The number of benzene rings is 2. The molecule has 0 aliphatic carbocycles. The minimum Gasteiger partial charge on any atom is -0.439 e. The number of hydrogen-bond acceptors (Lipinski definition) is 4. The van der Waals surface area contributed by atoms with Gasteiger partial charge in [-0.25, -0.2) is 4.79 Å². The second-order valence-electron chi connectivity index (χ2n) is 7.30.